The van der Waals surface area contributed by atoms with E-state index in [4.69, 9.17) is 21.2 Å². The number of carboxylic acid groups (broad SMARTS) is 1. The lowest BCUT2D eigenvalue weighted by Crippen LogP contribution is -2.38. The molecule has 0 spiro atoms. The number of rotatable bonds is 7. The SMILES string of the molecule is C[C@@H](NC(=O)CCCc1nc(-c2ccc(Cl)cc2)no1)C(=O)O. The van der Waals surface area contributed by atoms with Crippen LogP contribution in [0.1, 0.15) is 25.7 Å². The second kappa shape index (κ2) is 7.73. The zero-order valence-electron chi connectivity index (χ0n) is 12.5. The van der Waals surface area contributed by atoms with Gasteiger partial charge in [-0.05, 0) is 37.6 Å². The van der Waals surface area contributed by atoms with Crippen LogP contribution >= 0.6 is 11.6 Å². The van der Waals surface area contributed by atoms with Crippen LogP contribution in [0.15, 0.2) is 28.8 Å². The van der Waals surface area contributed by atoms with Crippen LogP contribution in [0.5, 0.6) is 0 Å². The van der Waals surface area contributed by atoms with E-state index in [0.29, 0.717) is 29.6 Å². The maximum absolute atomic E-state index is 11.6. The number of carbonyl (C=O) groups excluding carboxylic acids is 1. The lowest BCUT2D eigenvalue weighted by Gasteiger charge is -2.08. The predicted octanol–water partition coefficient (Wildman–Crippen LogP) is 2.30. The molecule has 0 bridgehead atoms. The number of aryl methyl sites for hydroxylation is 1. The molecule has 0 fully saturated rings. The van der Waals surface area contributed by atoms with E-state index in [1.807, 2.05) is 0 Å². The van der Waals surface area contributed by atoms with Crippen LogP contribution in [0.25, 0.3) is 11.4 Å². The molecule has 122 valence electrons. The molecule has 7 nitrogen and oxygen atoms in total. The Morgan fingerprint density at radius 1 is 1.35 bits per heavy atom. The molecule has 8 heteroatoms. The molecular weight excluding hydrogens is 322 g/mol. The molecule has 23 heavy (non-hydrogen) atoms. The molecule has 0 aliphatic heterocycles. The van der Waals surface area contributed by atoms with Crippen molar-refractivity contribution in [2.75, 3.05) is 0 Å². The third-order valence-corrected chi connectivity index (χ3v) is 3.36. The fourth-order valence-electron chi connectivity index (χ4n) is 1.85. The van der Waals surface area contributed by atoms with Crippen LogP contribution in [0.2, 0.25) is 5.02 Å². The van der Waals surface area contributed by atoms with Gasteiger partial charge >= 0.3 is 5.97 Å². The van der Waals surface area contributed by atoms with E-state index in [2.05, 4.69) is 15.5 Å². The Morgan fingerprint density at radius 2 is 2.04 bits per heavy atom. The van der Waals surface area contributed by atoms with Crippen molar-refractivity contribution in [3.05, 3.63) is 35.2 Å². The van der Waals surface area contributed by atoms with Gasteiger partial charge in [-0.25, -0.2) is 0 Å². The Balaban J connectivity index is 1.82. The first-order chi connectivity index (χ1) is 11.0. The normalized spacial score (nSPS) is 11.9. The predicted molar refractivity (Wildman–Crippen MR) is 82.9 cm³/mol. The standard InChI is InChI=1S/C15H16ClN3O4/c1-9(15(21)22)17-12(20)3-2-4-13-18-14(19-23-13)10-5-7-11(16)8-6-10/h5-9H,2-4H2,1H3,(H,17,20)(H,21,22)/t9-/m1/s1. The van der Waals surface area contributed by atoms with E-state index in [0.717, 1.165) is 5.56 Å². The summed E-state index contributed by atoms with van der Waals surface area (Å²) in [4.78, 5) is 26.4. The van der Waals surface area contributed by atoms with Crippen LogP contribution in [0.3, 0.4) is 0 Å². The highest BCUT2D eigenvalue weighted by atomic mass is 35.5. The summed E-state index contributed by atoms with van der Waals surface area (Å²) in [6.45, 7) is 1.41. The van der Waals surface area contributed by atoms with Gasteiger partial charge in [0.1, 0.15) is 6.04 Å². The fraction of sp³-hybridized carbons (Fsp3) is 0.333. The smallest absolute Gasteiger partial charge is 0.325 e. The highest BCUT2D eigenvalue weighted by molar-refractivity contribution is 6.30. The van der Waals surface area contributed by atoms with Gasteiger partial charge in [0.05, 0.1) is 0 Å². The molecule has 0 saturated carbocycles. The van der Waals surface area contributed by atoms with Gasteiger partial charge in [-0.1, -0.05) is 16.8 Å². The number of nitrogens with one attached hydrogen (secondary N) is 1. The van der Waals surface area contributed by atoms with Gasteiger partial charge in [0.2, 0.25) is 17.6 Å². The fourth-order valence-corrected chi connectivity index (χ4v) is 1.97. The van der Waals surface area contributed by atoms with Crippen molar-refractivity contribution in [2.45, 2.75) is 32.2 Å². The van der Waals surface area contributed by atoms with Gasteiger partial charge in [0.15, 0.2) is 0 Å². The summed E-state index contributed by atoms with van der Waals surface area (Å²) in [5, 5.41) is 15.6. The first-order valence-corrected chi connectivity index (χ1v) is 7.44. The topological polar surface area (TPSA) is 105 Å². The summed E-state index contributed by atoms with van der Waals surface area (Å²) in [5.41, 5.74) is 0.789. The summed E-state index contributed by atoms with van der Waals surface area (Å²) in [6.07, 6.45) is 1.12. The maximum Gasteiger partial charge on any atom is 0.325 e. The van der Waals surface area contributed by atoms with Crippen LogP contribution in [-0.2, 0) is 16.0 Å². The minimum atomic E-state index is -1.07. The Bertz CT molecular complexity index is 684. The Morgan fingerprint density at radius 3 is 2.70 bits per heavy atom. The van der Waals surface area contributed by atoms with Crippen molar-refractivity contribution in [3.8, 4) is 11.4 Å². The number of nitrogens with zero attached hydrogens (tertiary/aromatic N) is 2. The minimum Gasteiger partial charge on any atom is -0.480 e. The van der Waals surface area contributed by atoms with Crippen LogP contribution in [-0.4, -0.2) is 33.2 Å². The monoisotopic (exact) mass is 337 g/mol. The molecule has 0 aliphatic rings. The molecule has 1 aromatic heterocycles. The number of hydrogen-bond acceptors (Lipinski definition) is 5. The van der Waals surface area contributed by atoms with Crippen molar-refractivity contribution in [3.63, 3.8) is 0 Å². The van der Waals surface area contributed by atoms with Crippen molar-refractivity contribution >= 4 is 23.5 Å². The summed E-state index contributed by atoms with van der Waals surface area (Å²) in [5.74, 6) is -0.505. The number of halogens is 1. The molecule has 0 aliphatic carbocycles. The Hall–Kier alpha value is -2.41. The van der Waals surface area contributed by atoms with E-state index in [1.165, 1.54) is 6.92 Å². The van der Waals surface area contributed by atoms with Crippen molar-refractivity contribution in [1.29, 1.82) is 0 Å². The van der Waals surface area contributed by atoms with Gasteiger partial charge < -0.3 is 14.9 Å². The molecular formula is C15H16ClN3O4. The molecule has 2 aromatic rings. The van der Waals surface area contributed by atoms with E-state index < -0.39 is 12.0 Å². The average Bonchev–Trinajstić information content (AvgIpc) is 2.96. The van der Waals surface area contributed by atoms with Crippen molar-refractivity contribution in [2.24, 2.45) is 0 Å². The summed E-state index contributed by atoms with van der Waals surface area (Å²) >= 11 is 5.82. The molecule has 0 unspecified atom stereocenters. The van der Waals surface area contributed by atoms with Crippen molar-refractivity contribution < 1.29 is 19.2 Å². The second-order valence-corrected chi connectivity index (χ2v) is 5.44. The summed E-state index contributed by atoms with van der Waals surface area (Å²) < 4.78 is 5.13. The van der Waals surface area contributed by atoms with Gasteiger partial charge in [-0.2, -0.15) is 4.98 Å². The number of carbonyl (C=O) groups is 2. The van der Waals surface area contributed by atoms with Crippen molar-refractivity contribution in [1.82, 2.24) is 15.5 Å². The van der Waals surface area contributed by atoms with E-state index >= 15 is 0 Å². The van der Waals surface area contributed by atoms with Crippen LogP contribution < -0.4 is 5.32 Å². The number of aliphatic carboxylic acids is 1. The van der Waals surface area contributed by atoms with Gasteiger partial charge in [-0.3, -0.25) is 9.59 Å². The van der Waals surface area contributed by atoms with Crippen LogP contribution in [0.4, 0.5) is 0 Å². The largest absolute Gasteiger partial charge is 0.480 e. The molecule has 1 atom stereocenters. The minimum absolute atomic E-state index is 0.191. The molecule has 1 aromatic carbocycles. The lowest BCUT2D eigenvalue weighted by atomic mass is 10.2. The van der Waals surface area contributed by atoms with Crippen LogP contribution in [0, 0.1) is 0 Å². The quantitative estimate of drug-likeness (QED) is 0.803. The number of carboxylic acids is 1. The molecule has 1 heterocycles. The molecule has 0 radical (unpaired) electrons. The summed E-state index contributed by atoms with van der Waals surface area (Å²) in [7, 11) is 0. The van der Waals surface area contributed by atoms with E-state index in [1.54, 1.807) is 24.3 Å². The van der Waals surface area contributed by atoms with Gasteiger partial charge in [-0.15, -0.1) is 0 Å². The van der Waals surface area contributed by atoms with Gasteiger partial charge in [0.25, 0.3) is 0 Å². The zero-order chi connectivity index (χ0) is 16.8. The second-order valence-electron chi connectivity index (χ2n) is 5.00. The molecule has 1 amide bonds. The number of amides is 1. The molecule has 0 saturated heterocycles. The first-order valence-electron chi connectivity index (χ1n) is 7.06. The Labute approximate surface area is 137 Å². The third kappa shape index (κ3) is 5.07. The van der Waals surface area contributed by atoms with Gasteiger partial charge in [0, 0.05) is 23.4 Å². The highest BCUT2D eigenvalue weighted by Gasteiger charge is 2.14. The number of benzene rings is 1. The Kier molecular flexibility index (Phi) is 5.70. The lowest BCUT2D eigenvalue weighted by molar-refractivity contribution is -0.141. The summed E-state index contributed by atoms with van der Waals surface area (Å²) in [6, 6.07) is 6.15. The third-order valence-electron chi connectivity index (χ3n) is 3.11. The number of aromatic nitrogens is 2. The first kappa shape index (κ1) is 17.0. The average molecular weight is 338 g/mol. The zero-order valence-corrected chi connectivity index (χ0v) is 13.2. The molecule has 2 rings (SSSR count). The molecule has 2 N–H and O–H groups in total. The van der Waals surface area contributed by atoms with E-state index in [9.17, 15) is 9.59 Å². The maximum atomic E-state index is 11.6. The number of hydrogen-bond donors (Lipinski definition) is 2. The van der Waals surface area contributed by atoms with E-state index in [-0.39, 0.29) is 12.3 Å². The highest BCUT2D eigenvalue weighted by Crippen LogP contribution is 2.19.